The summed E-state index contributed by atoms with van der Waals surface area (Å²) in [5.41, 5.74) is 1.12. The first-order valence-corrected chi connectivity index (χ1v) is 10.5. The number of carbonyl (C=O) groups is 1. The molecule has 1 aliphatic carbocycles. The predicted molar refractivity (Wildman–Crippen MR) is 119 cm³/mol. The molecule has 2 aliphatic rings. The normalized spacial score (nSPS) is 27.8. The fraction of sp³-hybridized carbons (Fsp3) is 0.348. The molecule has 2 fully saturated rings. The summed E-state index contributed by atoms with van der Waals surface area (Å²) < 4.78 is 0. The van der Waals surface area contributed by atoms with Crippen LogP contribution >= 0.6 is 11.6 Å². The largest absolute Gasteiger partial charge is 0.390 e. The van der Waals surface area contributed by atoms with Crippen LogP contribution < -0.4 is 10.6 Å². The molecular formula is C23H24ClN5O2. The number of nitrogens with zero attached hydrogens (tertiary/aromatic N) is 2. The third kappa shape index (κ3) is 3.97. The first-order valence-electron chi connectivity index (χ1n) is 10.1. The van der Waals surface area contributed by atoms with E-state index >= 15 is 0 Å². The van der Waals surface area contributed by atoms with Crippen molar-refractivity contribution < 1.29 is 9.90 Å². The molecule has 4 N–H and O–H groups in total. The molecule has 1 saturated heterocycles. The Hall–Kier alpha value is -3.08. The molecular weight excluding hydrogens is 414 g/mol. The molecule has 1 saturated carbocycles. The van der Waals surface area contributed by atoms with Gasteiger partial charge in [0.25, 0.3) is 0 Å². The molecule has 0 bridgehead atoms. The van der Waals surface area contributed by atoms with Crippen molar-refractivity contribution in [1.29, 1.82) is 10.7 Å². The lowest BCUT2D eigenvalue weighted by molar-refractivity contribution is -0.139. The number of carbonyl (C=O) groups excluding carboxylic acids is 1. The van der Waals surface area contributed by atoms with Gasteiger partial charge in [0.2, 0.25) is 5.91 Å². The zero-order valence-corrected chi connectivity index (χ0v) is 18.1. The first-order chi connectivity index (χ1) is 14.6. The van der Waals surface area contributed by atoms with Gasteiger partial charge >= 0.3 is 0 Å². The van der Waals surface area contributed by atoms with Crippen molar-refractivity contribution in [3.05, 3.63) is 58.6 Å². The van der Waals surface area contributed by atoms with Gasteiger partial charge in [-0.05, 0) is 62.6 Å². The Labute approximate surface area is 186 Å². The van der Waals surface area contributed by atoms with Crippen LogP contribution in [0.2, 0.25) is 5.02 Å². The molecule has 2 aromatic carbocycles. The summed E-state index contributed by atoms with van der Waals surface area (Å²) in [5, 5.41) is 34.3. The number of rotatable bonds is 4. The molecule has 1 amide bonds. The maximum Gasteiger partial charge on any atom is 0.232 e. The lowest BCUT2D eigenvalue weighted by Crippen LogP contribution is -2.66. The minimum Gasteiger partial charge on any atom is -0.390 e. The average molecular weight is 438 g/mol. The van der Waals surface area contributed by atoms with Gasteiger partial charge in [-0.15, -0.1) is 0 Å². The lowest BCUT2D eigenvalue weighted by Gasteiger charge is -2.50. The molecule has 0 unspecified atom stereocenters. The topological polar surface area (TPSA) is 112 Å². The Balaban J connectivity index is 1.56. The van der Waals surface area contributed by atoms with Crippen molar-refractivity contribution in [3.8, 4) is 6.07 Å². The van der Waals surface area contributed by atoms with E-state index in [-0.39, 0.29) is 24.3 Å². The van der Waals surface area contributed by atoms with Gasteiger partial charge in [0.05, 0.1) is 39.9 Å². The van der Waals surface area contributed by atoms with Crippen LogP contribution in [0.15, 0.2) is 42.5 Å². The summed E-state index contributed by atoms with van der Waals surface area (Å²) >= 11 is 6.73. The van der Waals surface area contributed by atoms with Crippen LogP contribution in [0.25, 0.3) is 0 Å². The van der Waals surface area contributed by atoms with Gasteiger partial charge in [0, 0.05) is 11.7 Å². The molecule has 1 aliphatic heterocycles. The number of hydrogen-bond donors (Lipinski definition) is 4. The number of guanidine groups is 1. The van der Waals surface area contributed by atoms with Crippen LogP contribution in [-0.2, 0) is 10.3 Å². The van der Waals surface area contributed by atoms with Gasteiger partial charge in [-0.25, -0.2) is 0 Å². The standard InChI is InChI=1S/C23H24ClN5O2/c1-22(31)10-16(11-22)29-19(30)12-23(2,28-21(29)26)17-4-3-5-18(20(17)24)27-15-8-6-14(13-25)7-9-15/h3-9,16,27,31H,10-12H2,1-2H3,(H2,26,28)/t16?,22?,23-/m0/s1. The highest BCUT2D eigenvalue weighted by Gasteiger charge is 2.49. The number of benzene rings is 2. The first kappa shape index (κ1) is 21.2. The number of nitriles is 1. The predicted octanol–water partition coefficient (Wildman–Crippen LogP) is 3.84. The van der Waals surface area contributed by atoms with Gasteiger partial charge in [-0.1, -0.05) is 23.7 Å². The van der Waals surface area contributed by atoms with Crippen LogP contribution in [0.3, 0.4) is 0 Å². The number of hydrogen-bond acceptors (Lipinski definition) is 5. The number of aliphatic hydroxyl groups is 1. The van der Waals surface area contributed by atoms with E-state index in [1.54, 1.807) is 31.2 Å². The summed E-state index contributed by atoms with van der Waals surface area (Å²) in [4.78, 5) is 14.4. The summed E-state index contributed by atoms with van der Waals surface area (Å²) in [6, 6.07) is 14.5. The summed E-state index contributed by atoms with van der Waals surface area (Å²) in [7, 11) is 0. The molecule has 0 spiro atoms. The third-order valence-electron chi connectivity index (χ3n) is 6.01. The SMILES string of the molecule is CC1(O)CC(N2C(=N)N[C@](C)(c3cccc(Nc4ccc(C#N)cc4)c3Cl)CC2=O)C1. The molecule has 160 valence electrons. The molecule has 2 aromatic rings. The van der Waals surface area contributed by atoms with Crippen molar-refractivity contribution in [3.63, 3.8) is 0 Å². The van der Waals surface area contributed by atoms with E-state index in [1.165, 1.54) is 4.90 Å². The Morgan fingerprint density at radius 3 is 2.52 bits per heavy atom. The highest BCUT2D eigenvalue weighted by Crippen LogP contribution is 2.41. The maximum atomic E-state index is 13.0. The quantitative estimate of drug-likeness (QED) is 0.580. The van der Waals surface area contributed by atoms with Gasteiger partial charge in [0.1, 0.15) is 0 Å². The number of amides is 1. The van der Waals surface area contributed by atoms with Crippen LogP contribution in [0, 0.1) is 16.7 Å². The second-order valence-corrected chi connectivity index (χ2v) is 9.16. The minimum atomic E-state index is -0.837. The molecule has 0 aromatic heterocycles. The van der Waals surface area contributed by atoms with Gasteiger partial charge in [-0.3, -0.25) is 15.1 Å². The fourth-order valence-corrected chi connectivity index (χ4v) is 4.78. The lowest BCUT2D eigenvalue weighted by atomic mass is 9.75. The molecule has 7 nitrogen and oxygen atoms in total. The highest BCUT2D eigenvalue weighted by atomic mass is 35.5. The summed E-state index contributed by atoms with van der Waals surface area (Å²) in [5.74, 6) is -0.131. The van der Waals surface area contributed by atoms with E-state index in [1.807, 2.05) is 25.1 Å². The molecule has 1 heterocycles. The Kier molecular flexibility index (Phi) is 5.16. The number of nitrogens with one attached hydrogen (secondary N) is 3. The summed E-state index contributed by atoms with van der Waals surface area (Å²) in [6.45, 7) is 3.60. The van der Waals surface area contributed by atoms with Crippen LogP contribution in [-0.4, -0.2) is 33.5 Å². The van der Waals surface area contributed by atoms with Crippen LogP contribution in [0.4, 0.5) is 11.4 Å². The van der Waals surface area contributed by atoms with Crippen molar-refractivity contribution in [2.45, 2.75) is 50.3 Å². The smallest absolute Gasteiger partial charge is 0.232 e. The molecule has 4 rings (SSSR count). The fourth-order valence-electron chi connectivity index (χ4n) is 4.40. The minimum absolute atomic E-state index is 0.0285. The average Bonchev–Trinajstić information content (AvgIpc) is 2.68. The Bertz CT molecular complexity index is 1060. The molecule has 1 atom stereocenters. The molecule has 0 radical (unpaired) electrons. The van der Waals surface area contributed by atoms with Gasteiger partial charge in [-0.2, -0.15) is 5.26 Å². The highest BCUT2D eigenvalue weighted by molar-refractivity contribution is 6.34. The third-order valence-corrected chi connectivity index (χ3v) is 6.42. The van der Waals surface area contributed by atoms with Gasteiger partial charge in [0.15, 0.2) is 5.96 Å². The zero-order chi connectivity index (χ0) is 22.4. The Morgan fingerprint density at radius 1 is 1.26 bits per heavy atom. The van der Waals surface area contributed by atoms with E-state index < -0.39 is 11.1 Å². The van der Waals surface area contributed by atoms with E-state index in [2.05, 4.69) is 16.7 Å². The Morgan fingerprint density at radius 2 is 1.94 bits per heavy atom. The van der Waals surface area contributed by atoms with Crippen molar-refractivity contribution in [2.24, 2.45) is 0 Å². The zero-order valence-electron chi connectivity index (χ0n) is 17.4. The van der Waals surface area contributed by atoms with Crippen molar-refractivity contribution in [1.82, 2.24) is 10.2 Å². The monoisotopic (exact) mass is 437 g/mol. The van der Waals surface area contributed by atoms with Crippen molar-refractivity contribution in [2.75, 3.05) is 5.32 Å². The number of anilines is 2. The van der Waals surface area contributed by atoms with Crippen LogP contribution in [0.1, 0.15) is 44.2 Å². The molecule has 8 heteroatoms. The van der Waals surface area contributed by atoms with E-state index in [0.29, 0.717) is 34.7 Å². The maximum absolute atomic E-state index is 13.0. The van der Waals surface area contributed by atoms with E-state index in [9.17, 15) is 9.90 Å². The van der Waals surface area contributed by atoms with Crippen molar-refractivity contribution >= 4 is 34.8 Å². The van der Waals surface area contributed by atoms with Gasteiger partial charge < -0.3 is 15.7 Å². The second-order valence-electron chi connectivity index (χ2n) is 8.79. The second kappa shape index (κ2) is 7.56. The number of halogens is 1. The summed E-state index contributed by atoms with van der Waals surface area (Å²) in [6.07, 6.45) is 1.07. The molecule has 31 heavy (non-hydrogen) atoms. The van der Waals surface area contributed by atoms with E-state index in [0.717, 1.165) is 5.69 Å². The van der Waals surface area contributed by atoms with E-state index in [4.69, 9.17) is 22.3 Å². The van der Waals surface area contributed by atoms with Crippen LogP contribution in [0.5, 0.6) is 0 Å².